The molecule has 4 heteroatoms. The van der Waals surface area contributed by atoms with Crippen molar-refractivity contribution in [3.8, 4) is 0 Å². The summed E-state index contributed by atoms with van der Waals surface area (Å²) in [7, 11) is 0. The summed E-state index contributed by atoms with van der Waals surface area (Å²) < 4.78 is 7.98. The number of hydrogen-bond acceptors (Lipinski definition) is 3. The van der Waals surface area contributed by atoms with Crippen LogP contribution in [0.5, 0.6) is 0 Å². The molecule has 0 aromatic carbocycles. The average Bonchev–Trinajstić information content (AvgIpc) is 2.89. The van der Waals surface area contributed by atoms with Crippen LogP contribution in [-0.4, -0.2) is 40.1 Å². The second-order valence-corrected chi connectivity index (χ2v) is 6.02. The molecule has 2 aromatic heterocycles. The Morgan fingerprint density at radius 3 is 3.00 bits per heavy atom. The maximum Gasteiger partial charge on any atom is 0.137 e. The van der Waals surface area contributed by atoms with E-state index in [1.807, 2.05) is 0 Å². The van der Waals surface area contributed by atoms with Gasteiger partial charge in [-0.05, 0) is 44.4 Å². The molecule has 1 unspecified atom stereocenters. The van der Waals surface area contributed by atoms with E-state index in [4.69, 9.17) is 9.72 Å². The maximum atomic E-state index is 5.86. The third-order valence-electron chi connectivity index (χ3n) is 4.22. The van der Waals surface area contributed by atoms with E-state index in [2.05, 4.69) is 47.7 Å². The van der Waals surface area contributed by atoms with Crippen molar-refractivity contribution >= 4 is 5.65 Å². The zero-order chi connectivity index (χ0) is 14.7. The summed E-state index contributed by atoms with van der Waals surface area (Å²) in [5.41, 5.74) is 3.42. The lowest BCUT2D eigenvalue weighted by Gasteiger charge is -2.28. The summed E-state index contributed by atoms with van der Waals surface area (Å²) in [4.78, 5) is 7.15. The lowest BCUT2D eigenvalue weighted by Crippen LogP contribution is -2.35. The van der Waals surface area contributed by atoms with Crippen molar-refractivity contribution in [3.05, 3.63) is 35.8 Å². The number of imidazole rings is 1. The van der Waals surface area contributed by atoms with Crippen molar-refractivity contribution in [2.24, 2.45) is 0 Å². The van der Waals surface area contributed by atoms with E-state index in [9.17, 15) is 0 Å². The molecule has 0 aliphatic carbocycles. The molecule has 114 valence electrons. The van der Waals surface area contributed by atoms with Crippen molar-refractivity contribution in [3.63, 3.8) is 0 Å². The number of hydrogen-bond donors (Lipinski definition) is 0. The molecule has 0 saturated carbocycles. The van der Waals surface area contributed by atoms with Crippen LogP contribution in [0.15, 0.2) is 24.5 Å². The maximum absolute atomic E-state index is 5.86. The molecular formula is C17H25N3O. The molecule has 0 N–H and O–H groups in total. The van der Waals surface area contributed by atoms with Gasteiger partial charge in [0.05, 0.1) is 11.8 Å². The molecule has 1 saturated heterocycles. The van der Waals surface area contributed by atoms with E-state index in [1.54, 1.807) is 0 Å². The molecule has 3 rings (SSSR count). The number of aromatic nitrogens is 2. The van der Waals surface area contributed by atoms with Crippen molar-refractivity contribution in [2.75, 3.05) is 19.7 Å². The highest BCUT2D eigenvalue weighted by Crippen LogP contribution is 2.15. The summed E-state index contributed by atoms with van der Waals surface area (Å²) in [6, 6.07) is 4.19. The second kappa shape index (κ2) is 6.58. The molecule has 0 radical (unpaired) electrons. The fourth-order valence-corrected chi connectivity index (χ4v) is 3.01. The van der Waals surface area contributed by atoms with E-state index in [0.717, 1.165) is 37.6 Å². The summed E-state index contributed by atoms with van der Waals surface area (Å²) in [6.07, 6.45) is 8.39. The first kappa shape index (κ1) is 14.5. The standard InChI is InChI=1S/C17H25N3O/c1-3-19(13-16-6-4-5-9-21-16)11-15-12-20-10-14(2)7-8-17(20)18-15/h7-8,10,12,16H,3-6,9,11,13H2,1-2H3. The van der Waals surface area contributed by atoms with Crippen LogP contribution >= 0.6 is 0 Å². The first-order valence-corrected chi connectivity index (χ1v) is 8.03. The fraction of sp³-hybridized carbons (Fsp3) is 0.588. The Morgan fingerprint density at radius 1 is 1.33 bits per heavy atom. The molecule has 2 aromatic rings. The molecule has 4 nitrogen and oxygen atoms in total. The number of rotatable bonds is 5. The van der Waals surface area contributed by atoms with Crippen molar-refractivity contribution < 1.29 is 4.74 Å². The molecule has 1 aliphatic rings. The van der Waals surface area contributed by atoms with E-state index in [1.165, 1.54) is 24.8 Å². The third-order valence-corrected chi connectivity index (χ3v) is 4.22. The van der Waals surface area contributed by atoms with Gasteiger partial charge in [0.15, 0.2) is 0 Å². The highest BCUT2D eigenvalue weighted by atomic mass is 16.5. The first-order chi connectivity index (χ1) is 10.2. The van der Waals surface area contributed by atoms with Gasteiger partial charge in [0.1, 0.15) is 5.65 Å². The summed E-state index contributed by atoms with van der Waals surface area (Å²) in [6.45, 7) is 8.20. The van der Waals surface area contributed by atoms with Gasteiger partial charge in [-0.15, -0.1) is 0 Å². The van der Waals surface area contributed by atoms with Crippen LogP contribution < -0.4 is 0 Å². The fourth-order valence-electron chi connectivity index (χ4n) is 3.01. The van der Waals surface area contributed by atoms with Gasteiger partial charge in [-0.2, -0.15) is 0 Å². The van der Waals surface area contributed by atoms with Crippen LogP contribution in [0, 0.1) is 6.92 Å². The molecule has 1 fully saturated rings. The smallest absolute Gasteiger partial charge is 0.137 e. The van der Waals surface area contributed by atoms with Crippen LogP contribution in [0.1, 0.15) is 37.4 Å². The Bertz CT molecular complexity index is 587. The Labute approximate surface area is 126 Å². The van der Waals surface area contributed by atoms with E-state index >= 15 is 0 Å². The average molecular weight is 287 g/mol. The topological polar surface area (TPSA) is 29.8 Å². The molecule has 0 amide bonds. The zero-order valence-corrected chi connectivity index (χ0v) is 13.1. The molecule has 1 atom stereocenters. The number of pyridine rings is 1. The number of nitrogens with zero attached hydrogens (tertiary/aromatic N) is 3. The molecule has 21 heavy (non-hydrogen) atoms. The SMILES string of the molecule is CCN(Cc1cn2cc(C)ccc2n1)CC1CCCCO1. The van der Waals surface area contributed by atoms with Gasteiger partial charge in [0.25, 0.3) is 0 Å². The van der Waals surface area contributed by atoms with Gasteiger partial charge < -0.3 is 9.14 Å². The summed E-state index contributed by atoms with van der Waals surface area (Å²) in [5.74, 6) is 0. The second-order valence-electron chi connectivity index (χ2n) is 6.02. The first-order valence-electron chi connectivity index (χ1n) is 8.03. The van der Waals surface area contributed by atoms with Crippen molar-refractivity contribution in [1.82, 2.24) is 14.3 Å². The Hall–Kier alpha value is -1.39. The van der Waals surface area contributed by atoms with Crippen LogP contribution in [0.2, 0.25) is 0 Å². The predicted octanol–water partition coefficient (Wildman–Crippen LogP) is 3.03. The minimum absolute atomic E-state index is 0.401. The van der Waals surface area contributed by atoms with Crippen molar-refractivity contribution in [2.45, 2.75) is 45.8 Å². The van der Waals surface area contributed by atoms with Gasteiger partial charge in [0, 0.05) is 32.1 Å². The molecule has 0 spiro atoms. The Balaban J connectivity index is 1.66. The highest BCUT2D eigenvalue weighted by molar-refractivity contribution is 5.41. The lowest BCUT2D eigenvalue weighted by atomic mass is 10.1. The van der Waals surface area contributed by atoms with Crippen LogP contribution in [0.4, 0.5) is 0 Å². The lowest BCUT2D eigenvalue weighted by molar-refractivity contribution is -0.00639. The van der Waals surface area contributed by atoms with Gasteiger partial charge in [-0.3, -0.25) is 4.90 Å². The number of fused-ring (bicyclic) bond motifs is 1. The highest BCUT2D eigenvalue weighted by Gasteiger charge is 2.17. The Kier molecular flexibility index (Phi) is 4.56. The van der Waals surface area contributed by atoms with Crippen molar-refractivity contribution in [1.29, 1.82) is 0 Å². The number of likely N-dealkylation sites (N-methyl/N-ethyl adjacent to an activating group) is 1. The van der Waals surface area contributed by atoms with Gasteiger partial charge in [-0.25, -0.2) is 4.98 Å². The molecule has 3 heterocycles. The molecule has 1 aliphatic heterocycles. The Morgan fingerprint density at radius 2 is 2.24 bits per heavy atom. The molecular weight excluding hydrogens is 262 g/mol. The zero-order valence-electron chi connectivity index (χ0n) is 13.1. The van der Waals surface area contributed by atoms with Crippen LogP contribution in [-0.2, 0) is 11.3 Å². The monoisotopic (exact) mass is 287 g/mol. The largest absolute Gasteiger partial charge is 0.377 e. The van der Waals surface area contributed by atoms with E-state index in [-0.39, 0.29) is 0 Å². The van der Waals surface area contributed by atoms with E-state index in [0.29, 0.717) is 6.10 Å². The normalized spacial score (nSPS) is 19.5. The minimum Gasteiger partial charge on any atom is -0.377 e. The van der Waals surface area contributed by atoms with Gasteiger partial charge in [0.2, 0.25) is 0 Å². The minimum atomic E-state index is 0.401. The number of ether oxygens (including phenoxy) is 1. The third kappa shape index (κ3) is 3.63. The molecule has 0 bridgehead atoms. The van der Waals surface area contributed by atoms with Gasteiger partial charge >= 0.3 is 0 Å². The van der Waals surface area contributed by atoms with Crippen LogP contribution in [0.3, 0.4) is 0 Å². The van der Waals surface area contributed by atoms with Crippen LogP contribution in [0.25, 0.3) is 5.65 Å². The summed E-state index contributed by atoms with van der Waals surface area (Å²) >= 11 is 0. The summed E-state index contributed by atoms with van der Waals surface area (Å²) in [5, 5.41) is 0. The predicted molar refractivity (Wildman–Crippen MR) is 84.5 cm³/mol. The number of aryl methyl sites for hydroxylation is 1. The van der Waals surface area contributed by atoms with Gasteiger partial charge in [-0.1, -0.05) is 13.0 Å². The van der Waals surface area contributed by atoms with E-state index < -0.39 is 0 Å². The quantitative estimate of drug-likeness (QED) is 0.846.